The van der Waals surface area contributed by atoms with Gasteiger partial charge in [-0.1, -0.05) is 59.6 Å². The van der Waals surface area contributed by atoms with E-state index >= 15 is 0 Å². The number of aryl methyl sites for hydroxylation is 1. The summed E-state index contributed by atoms with van der Waals surface area (Å²) in [5.74, 6) is 0. The smallest absolute Gasteiger partial charge is 0.241 e. The molecule has 0 radical (unpaired) electrons. The van der Waals surface area contributed by atoms with Gasteiger partial charge in [-0.25, -0.2) is 8.42 Å². The maximum atomic E-state index is 13.0. The summed E-state index contributed by atoms with van der Waals surface area (Å²) in [4.78, 5) is 3.56. The Bertz CT molecular complexity index is 1180. The van der Waals surface area contributed by atoms with Gasteiger partial charge in [0.15, 0.2) is 0 Å². The Morgan fingerprint density at radius 3 is 2.29 bits per heavy atom. The number of benzene rings is 3. The van der Waals surface area contributed by atoms with E-state index < -0.39 is 16.1 Å². The molecule has 0 spiro atoms. The minimum atomic E-state index is -3.72. The molecule has 142 valence electrons. The summed E-state index contributed by atoms with van der Waals surface area (Å²) in [6.45, 7) is 1.92. The highest BCUT2D eigenvalue weighted by Gasteiger charge is 2.24. The van der Waals surface area contributed by atoms with Gasteiger partial charge in [0.05, 0.1) is 10.9 Å². The summed E-state index contributed by atoms with van der Waals surface area (Å²) in [5, 5.41) is 1.62. The number of aromatic amines is 1. The molecule has 6 heteroatoms. The molecule has 0 bridgehead atoms. The molecule has 4 aromatic rings. The highest BCUT2D eigenvalue weighted by Crippen LogP contribution is 2.28. The van der Waals surface area contributed by atoms with E-state index in [1.54, 1.807) is 36.4 Å². The van der Waals surface area contributed by atoms with Crippen LogP contribution in [0, 0.1) is 6.92 Å². The normalized spacial score (nSPS) is 12.9. The first kappa shape index (κ1) is 18.7. The Balaban J connectivity index is 1.78. The van der Waals surface area contributed by atoms with Gasteiger partial charge in [0.2, 0.25) is 10.0 Å². The molecule has 0 unspecified atom stereocenters. The second-order valence-electron chi connectivity index (χ2n) is 6.73. The minimum Gasteiger partial charge on any atom is -0.357 e. The summed E-state index contributed by atoms with van der Waals surface area (Å²) in [6, 6.07) is 23.2. The fourth-order valence-electron chi connectivity index (χ4n) is 3.16. The lowest BCUT2D eigenvalue weighted by atomic mass is 10.0. The molecule has 1 heterocycles. The topological polar surface area (TPSA) is 62.0 Å². The predicted octanol–water partition coefficient (Wildman–Crippen LogP) is 5.20. The molecule has 3 aromatic carbocycles. The summed E-state index contributed by atoms with van der Waals surface area (Å²) >= 11 is 6.02. The van der Waals surface area contributed by atoms with E-state index in [0.717, 1.165) is 27.7 Å². The number of hydrogen-bond donors (Lipinski definition) is 2. The van der Waals surface area contributed by atoms with Crippen LogP contribution in [0.1, 0.15) is 22.9 Å². The Labute approximate surface area is 169 Å². The van der Waals surface area contributed by atoms with Crippen LogP contribution >= 0.6 is 11.6 Å². The van der Waals surface area contributed by atoms with Crippen molar-refractivity contribution in [1.29, 1.82) is 0 Å². The van der Waals surface area contributed by atoms with Crippen molar-refractivity contribution in [2.75, 3.05) is 0 Å². The third-order valence-electron chi connectivity index (χ3n) is 4.67. The maximum absolute atomic E-state index is 13.0. The average Bonchev–Trinajstić information content (AvgIpc) is 3.11. The van der Waals surface area contributed by atoms with Crippen LogP contribution in [-0.2, 0) is 10.0 Å². The lowest BCUT2D eigenvalue weighted by Crippen LogP contribution is -2.29. The number of H-pyrrole nitrogens is 1. The number of fused-ring (bicyclic) bond motifs is 1. The molecule has 1 atom stereocenters. The van der Waals surface area contributed by atoms with Crippen LogP contribution in [0.5, 0.6) is 0 Å². The van der Waals surface area contributed by atoms with Crippen LogP contribution in [0.2, 0.25) is 5.02 Å². The fourth-order valence-corrected chi connectivity index (χ4v) is 4.49. The van der Waals surface area contributed by atoms with Gasteiger partial charge in [-0.05, 0) is 54.3 Å². The number of sulfonamides is 1. The molecule has 4 nitrogen and oxygen atoms in total. The molecule has 0 amide bonds. The summed E-state index contributed by atoms with van der Waals surface area (Å²) in [5.41, 5.74) is 3.51. The van der Waals surface area contributed by atoms with Crippen molar-refractivity contribution in [3.05, 3.63) is 101 Å². The number of halogens is 1. The van der Waals surface area contributed by atoms with E-state index in [-0.39, 0.29) is 4.90 Å². The molecule has 0 fully saturated rings. The summed E-state index contributed by atoms with van der Waals surface area (Å²) in [6.07, 6.45) is 0. The third kappa shape index (κ3) is 3.83. The highest BCUT2D eigenvalue weighted by atomic mass is 35.5. The first-order chi connectivity index (χ1) is 13.4. The molecule has 0 saturated carbocycles. The van der Waals surface area contributed by atoms with Crippen molar-refractivity contribution in [1.82, 2.24) is 9.71 Å². The van der Waals surface area contributed by atoms with Crippen LogP contribution in [0.4, 0.5) is 0 Å². The van der Waals surface area contributed by atoms with E-state index in [1.807, 2.05) is 49.4 Å². The van der Waals surface area contributed by atoms with Gasteiger partial charge >= 0.3 is 0 Å². The standard InChI is InChI=1S/C22H19ClN2O2S/c1-15-6-12-19(13-7-15)28(26,27)25-22(16-8-10-18(23)11-9-16)21-14-17-4-2-3-5-20(17)24-21/h2-14,22,24-25H,1H3/t22-/m0/s1. The quantitative estimate of drug-likeness (QED) is 0.475. The molecule has 0 saturated heterocycles. The van der Waals surface area contributed by atoms with Gasteiger partial charge in [-0.3, -0.25) is 0 Å². The maximum Gasteiger partial charge on any atom is 0.241 e. The Hall–Kier alpha value is -2.60. The summed E-state index contributed by atoms with van der Waals surface area (Å²) < 4.78 is 28.9. The van der Waals surface area contributed by atoms with Crippen molar-refractivity contribution < 1.29 is 8.42 Å². The molecule has 0 aliphatic heterocycles. The first-order valence-corrected chi connectivity index (χ1v) is 10.7. The molecule has 2 N–H and O–H groups in total. The van der Waals surface area contributed by atoms with E-state index in [1.165, 1.54) is 0 Å². The molecular formula is C22H19ClN2O2S. The number of rotatable bonds is 5. The predicted molar refractivity (Wildman–Crippen MR) is 113 cm³/mol. The Kier molecular flexibility index (Phi) is 4.98. The van der Waals surface area contributed by atoms with Crippen molar-refractivity contribution >= 4 is 32.5 Å². The van der Waals surface area contributed by atoms with Crippen molar-refractivity contribution in [3.8, 4) is 0 Å². The number of hydrogen-bond acceptors (Lipinski definition) is 2. The van der Waals surface area contributed by atoms with Crippen LogP contribution in [0.3, 0.4) is 0 Å². The first-order valence-electron chi connectivity index (χ1n) is 8.84. The number of aromatic nitrogens is 1. The van der Waals surface area contributed by atoms with Gasteiger partial charge < -0.3 is 4.98 Å². The fraction of sp³-hybridized carbons (Fsp3) is 0.0909. The van der Waals surface area contributed by atoms with Gasteiger partial charge in [-0.15, -0.1) is 0 Å². The van der Waals surface area contributed by atoms with E-state index in [0.29, 0.717) is 5.02 Å². The largest absolute Gasteiger partial charge is 0.357 e. The van der Waals surface area contributed by atoms with Gasteiger partial charge in [0.25, 0.3) is 0 Å². The second kappa shape index (κ2) is 7.43. The van der Waals surface area contributed by atoms with E-state index in [4.69, 9.17) is 11.6 Å². The second-order valence-corrected chi connectivity index (χ2v) is 8.88. The number of para-hydroxylation sites is 1. The molecule has 4 rings (SSSR count). The van der Waals surface area contributed by atoms with E-state index in [2.05, 4.69) is 9.71 Å². The molecule has 1 aromatic heterocycles. The van der Waals surface area contributed by atoms with E-state index in [9.17, 15) is 8.42 Å². The Morgan fingerprint density at radius 2 is 1.61 bits per heavy atom. The number of nitrogens with one attached hydrogen (secondary N) is 2. The van der Waals surface area contributed by atoms with Crippen LogP contribution in [0.25, 0.3) is 10.9 Å². The lowest BCUT2D eigenvalue weighted by molar-refractivity contribution is 0.570. The van der Waals surface area contributed by atoms with Gasteiger partial charge in [0.1, 0.15) is 0 Å². The highest BCUT2D eigenvalue weighted by molar-refractivity contribution is 7.89. The minimum absolute atomic E-state index is 0.230. The van der Waals surface area contributed by atoms with Crippen molar-refractivity contribution in [3.63, 3.8) is 0 Å². The molecule has 0 aliphatic carbocycles. The van der Waals surface area contributed by atoms with Crippen LogP contribution < -0.4 is 4.72 Å². The Morgan fingerprint density at radius 1 is 0.929 bits per heavy atom. The van der Waals surface area contributed by atoms with Gasteiger partial charge in [-0.2, -0.15) is 4.72 Å². The van der Waals surface area contributed by atoms with Crippen molar-refractivity contribution in [2.24, 2.45) is 0 Å². The third-order valence-corrected chi connectivity index (χ3v) is 6.36. The molecule has 0 aliphatic rings. The summed E-state index contributed by atoms with van der Waals surface area (Å²) in [7, 11) is -3.72. The SMILES string of the molecule is Cc1ccc(S(=O)(=O)N[C@@H](c2ccc(Cl)cc2)c2cc3ccccc3[nH]2)cc1. The lowest BCUT2D eigenvalue weighted by Gasteiger charge is -2.19. The zero-order chi connectivity index (χ0) is 19.7. The van der Waals surface area contributed by atoms with Gasteiger partial charge in [0, 0.05) is 16.2 Å². The zero-order valence-corrected chi connectivity index (χ0v) is 16.8. The van der Waals surface area contributed by atoms with Crippen molar-refractivity contribution in [2.45, 2.75) is 17.9 Å². The zero-order valence-electron chi connectivity index (χ0n) is 15.2. The van der Waals surface area contributed by atoms with Crippen LogP contribution in [0.15, 0.2) is 83.8 Å². The molecule has 28 heavy (non-hydrogen) atoms. The monoisotopic (exact) mass is 410 g/mol. The van der Waals surface area contributed by atoms with Crippen LogP contribution in [-0.4, -0.2) is 13.4 Å². The molecular weight excluding hydrogens is 392 g/mol. The average molecular weight is 411 g/mol.